The Balaban J connectivity index is 2.11. The van der Waals surface area contributed by atoms with Crippen LogP contribution in [0.2, 0.25) is 0 Å². The van der Waals surface area contributed by atoms with Crippen molar-refractivity contribution in [3.8, 4) is 5.75 Å². The number of carbonyl (C=O) groups is 1. The molecule has 0 atom stereocenters. The maximum Gasteiger partial charge on any atom is 0.175 e. The van der Waals surface area contributed by atoms with E-state index < -0.39 is 0 Å². The zero-order valence-corrected chi connectivity index (χ0v) is 12.9. The summed E-state index contributed by atoms with van der Waals surface area (Å²) in [6.45, 7) is 0. The fourth-order valence-corrected chi connectivity index (χ4v) is 3.88. The average molecular weight is 312 g/mol. The number of nitrogens with zero attached hydrogens (tertiary/aromatic N) is 2. The fourth-order valence-electron chi connectivity index (χ4n) is 1.46. The van der Waals surface area contributed by atoms with Crippen molar-refractivity contribution < 1.29 is 9.53 Å². The number of methoxy groups -OCH3 is 1. The molecule has 19 heavy (non-hydrogen) atoms. The average Bonchev–Trinajstić information content (AvgIpc) is 2.92. The Morgan fingerprint density at radius 1 is 1.37 bits per heavy atom. The van der Waals surface area contributed by atoms with E-state index in [0.29, 0.717) is 11.3 Å². The second-order valence-electron chi connectivity index (χ2n) is 3.52. The molecule has 2 aromatic rings. The summed E-state index contributed by atoms with van der Waals surface area (Å²) in [5, 5.41) is 8.15. The lowest BCUT2D eigenvalue weighted by Crippen LogP contribution is -1.92. The molecule has 0 radical (unpaired) electrons. The molecule has 2 rings (SSSR count). The minimum atomic E-state index is 0.651. The van der Waals surface area contributed by atoms with Crippen LogP contribution < -0.4 is 4.74 Å². The first-order valence-electron chi connectivity index (χ1n) is 5.39. The molecule has 1 aromatic carbocycles. The van der Waals surface area contributed by atoms with Gasteiger partial charge in [-0.3, -0.25) is 4.79 Å². The van der Waals surface area contributed by atoms with Crippen molar-refractivity contribution in [2.75, 3.05) is 13.4 Å². The third kappa shape index (κ3) is 3.71. The Hall–Kier alpha value is -1.05. The molecule has 0 unspecified atom stereocenters. The predicted octanol–water partition coefficient (Wildman–Crippen LogP) is 3.37. The predicted molar refractivity (Wildman–Crippen MR) is 79.6 cm³/mol. The van der Waals surface area contributed by atoms with Gasteiger partial charge in [0.15, 0.2) is 8.68 Å². The van der Waals surface area contributed by atoms with E-state index in [9.17, 15) is 4.79 Å². The van der Waals surface area contributed by atoms with Crippen LogP contribution >= 0.6 is 34.9 Å². The van der Waals surface area contributed by atoms with E-state index in [-0.39, 0.29) is 0 Å². The Labute approximate surface area is 124 Å². The van der Waals surface area contributed by atoms with Gasteiger partial charge in [0, 0.05) is 16.9 Å². The van der Waals surface area contributed by atoms with Gasteiger partial charge in [0.25, 0.3) is 0 Å². The van der Waals surface area contributed by atoms with E-state index >= 15 is 0 Å². The highest BCUT2D eigenvalue weighted by Gasteiger charge is 2.08. The summed E-state index contributed by atoms with van der Waals surface area (Å²) in [4.78, 5) is 10.8. The molecule has 0 amide bonds. The van der Waals surface area contributed by atoms with Crippen LogP contribution in [0.1, 0.15) is 15.9 Å². The number of hydrogen-bond donors (Lipinski definition) is 0. The number of aldehydes is 1. The van der Waals surface area contributed by atoms with Crippen LogP contribution in [-0.4, -0.2) is 29.8 Å². The molecule has 0 bridgehead atoms. The van der Waals surface area contributed by atoms with E-state index in [4.69, 9.17) is 4.74 Å². The van der Waals surface area contributed by atoms with Gasteiger partial charge in [-0.05, 0) is 24.5 Å². The Morgan fingerprint density at radius 3 is 2.79 bits per heavy atom. The monoisotopic (exact) mass is 312 g/mol. The van der Waals surface area contributed by atoms with Crippen LogP contribution in [-0.2, 0) is 5.75 Å². The lowest BCUT2D eigenvalue weighted by atomic mass is 10.1. The number of thioether (sulfide) groups is 2. The van der Waals surface area contributed by atoms with Gasteiger partial charge in [-0.15, -0.1) is 10.2 Å². The molecule has 0 aliphatic carbocycles. The van der Waals surface area contributed by atoms with Gasteiger partial charge in [0.05, 0.1) is 7.11 Å². The molecule has 7 heteroatoms. The van der Waals surface area contributed by atoms with Crippen molar-refractivity contribution in [2.24, 2.45) is 0 Å². The standard InChI is InChI=1S/C12H12N2O2S3/c1-16-10-4-3-8(6-15)5-9(10)7-18-12-14-13-11(17-2)19-12/h3-6H,7H2,1-2H3. The van der Waals surface area contributed by atoms with Crippen molar-refractivity contribution in [1.29, 1.82) is 0 Å². The van der Waals surface area contributed by atoms with E-state index in [2.05, 4.69) is 10.2 Å². The second kappa shape index (κ2) is 6.93. The molecule has 0 saturated carbocycles. The van der Waals surface area contributed by atoms with Gasteiger partial charge in [0.1, 0.15) is 12.0 Å². The molecular formula is C12H12N2O2S3. The smallest absolute Gasteiger partial charge is 0.175 e. The lowest BCUT2D eigenvalue weighted by Gasteiger charge is -2.07. The van der Waals surface area contributed by atoms with Crippen LogP contribution in [0.5, 0.6) is 5.75 Å². The summed E-state index contributed by atoms with van der Waals surface area (Å²) in [5.74, 6) is 1.49. The molecule has 1 aromatic heterocycles. The summed E-state index contributed by atoms with van der Waals surface area (Å²) < 4.78 is 7.17. The highest BCUT2D eigenvalue weighted by molar-refractivity contribution is 8.02. The van der Waals surface area contributed by atoms with E-state index in [0.717, 1.165) is 26.3 Å². The molecule has 1 heterocycles. The first kappa shape index (κ1) is 14.4. The van der Waals surface area contributed by atoms with Crippen LogP contribution in [0.25, 0.3) is 0 Å². The summed E-state index contributed by atoms with van der Waals surface area (Å²) in [6, 6.07) is 5.40. The maximum atomic E-state index is 10.8. The third-order valence-electron chi connectivity index (χ3n) is 2.35. The largest absolute Gasteiger partial charge is 0.496 e. The number of rotatable bonds is 6. The van der Waals surface area contributed by atoms with Crippen molar-refractivity contribution in [2.45, 2.75) is 14.4 Å². The molecule has 0 aliphatic heterocycles. The van der Waals surface area contributed by atoms with Gasteiger partial charge >= 0.3 is 0 Å². The van der Waals surface area contributed by atoms with E-state index in [1.165, 1.54) is 0 Å². The van der Waals surface area contributed by atoms with Gasteiger partial charge in [0.2, 0.25) is 0 Å². The fraction of sp³-hybridized carbons (Fsp3) is 0.250. The highest BCUT2D eigenvalue weighted by Crippen LogP contribution is 2.32. The quantitative estimate of drug-likeness (QED) is 0.602. The molecule has 0 saturated heterocycles. The molecule has 0 fully saturated rings. The summed E-state index contributed by atoms with van der Waals surface area (Å²) in [5.41, 5.74) is 1.64. The van der Waals surface area contributed by atoms with Crippen molar-refractivity contribution in [1.82, 2.24) is 10.2 Å². The number of hydrogen-bond acceptors (Lipinski definition) is 7. The topological polar surface area (TPSA) is 52.1 Å². The molecule has 0 aliphatic rings. The molecule has 4 nitrogen and oxygen atoms in total. The first-order valence-corrected chi connectivity index (χ1v) is 8.42. The molecule has 100 valence electrons. The summed E-state index contributed by atoms with van der Waals surface area (Å²) in [7, 11) is 1.63. The van der Waals surface area contributed by atoms with Crippen molar-refractivity contribution in [3.63, 3.8) is 0 Å². The Morgan fingerprint density at radius 2 is 2.16 bits per heavy atom. The minimum absolute atomic E-state index is 0.651. The zero-order chi connectivity index (χ0) is 13.7. The van der Waals surface area contributed by atoms with Gasteiger partial charge in [-0.25, -0.2) is 0 Å². The Kier molecular flexibility index (Phi) is 5.24. The normalized spacial score (nSPS) is 10.4. The maximum absolute atomic E-state index is 10.8. The van der Waals surface area contributed by atoms with E-state index in [1.807, 2.05) is 18.4 Å². The SMILES string of the molecule is COc1ccc(C=O)cc1CSc1nnc(SC)s1. The Bertz CT molecular complexity index is 572. The van der Waals surface area contributed by atoms with Crippen molar-refractivity contribution in [3.05, 3.63) is 29.3 Å². The van der Waals surface area contributed by atoms with Crippen LogP contribution in [0, 0.1) is 0 Å². The number of aromatic nitrogens is 2. The van der Waals surface area contributed by atoms with E-state index in [1.54, 1.807) is 48.0 Å². The molecule has 0 N–H and O–H groups in total. The van der Waals surface area contributed by atoms with Gasteiger partial charge < -0.3 is 4.74 Å². The number of benzene rings is 1. The molecule has 0 spiro atoms. The van der Waals surface area contributed by atoms with Crippen molar-refractivity contribution >= 4 is 41.1 Å². The van der Waals surface area contributed by atoms with Crippen LogP contribution in [0.15, 0.2) is 26.9 Å². The van der Waals surface area contributed by atoms with Crippen LogP contribution in [0.3, 0.4) is 0 Å². The number of ether oxygens (including phenoxy) is 1. The minimum Gasteiger partial charge on any atom is -0.496 e. The molecular weight excluding hydrogens is 300 g/mol. The summed E-state index contributed by atoms with van der Waals surface area (Å²) >= 11 is 4.75. The highest BCUT2D eigenvalue weighted by atomic mass is 32.2. The summed E-state index contributed by atoms with van der Waals surface area (Å²) in [6.07, 6.45) is 2.82. The third-order valence-corrected chi connectivity index (χ3v) is 5.44. The van der Waals surface area contributed by atoms with Gasteiger partial charge in [-0.1, -0.05) is 34.9 Å². The van der Waals surface area contributed by atoms with Gasteiger partial charge in [-0.2, -0.15) is 0 Å². The lowest BCUT2D eigenvalue weighted by molar-refractivity contribution is 0.112. The first-order chi connectivity index (χ1) is 9.26. The second-order valence-corrected chi connectivity index (χ2v) is 6.77. The zero-order valence-electron chi connectivity index (χ0n) is 10.5. The number of carbonyl (C=O) groups excluding carboxylic acids is 1. The van der Waals surface area contributed by atoms with Crippen LogP contribution in [0.4, 0.5) is 0 Å².